The molecule has 0 radical (unpaired) electrons. The van der Waals surface area contributed by atoms with Crippen molar-refractivity contribution in [3.63, 3.8) is 0 Å². The second-order valence-corrected chi connectivity index (χ2v) is 4.16. The second kappa shape index (κ2) is 5.18. The molecule has 0 saturated heterocycles. The monoisotopic (exact) mass is 249 g/mol. The number of aromatic nitrogens is 2. The first kappa shape index (κ1) is 12.6. The van der Waals surface area contributed by atoms with Crippen LogP contribution in [0.25, 0.3) is 0 Å². The summed E-state index contributed by atoms with van der Waals surface area (Å²) in [6.45, 7) is 2.29. The lowest BCUT2D eigenvalue weighted by Gasteiger charge is -2.13. The molecule has 3 N–H and O–H groups in total. The summed E-state index contributed by atoms with van der Waals surface area (Å²) in [5, 5.41) is 7.04. The topological polar surface area (TPSA) is 63.9 Å². The SMILES string of the molecule is COc1ccc(C(CN)c2cc(C)[nH]n2)cc1F. The van der Waals surface area contributed by atoms with Crippen LogP contribution in [-0.4, -0.2) is 23.9 Å². The van der Waals surface area contributed by atoms with Crippen molar-refractivity contribution in [2.24, 2.45) is 5.73 Å². The highest BCUT2D eigenvalue weighted by Gasteiger charge is 2.17. The average Bonchev–Trinajstić information content (AvgIpc) is 2.77. The fourth-order valence-corrected chi connectivity index (χ4v) is 1.94. The minimum absolute atomic E-state index is 0.115. The van der Waals surface area contributed by atoms with Crippen LogP contribution in [0.2, 0.25) is 0 Å². The van der Waals surface area contributed by atoms with Crippen LogP contribution in [0.3, 0.4) is 0 Å². The number of nitrogens with two attached hydrogens (primary N) is 1. The van der Waals surface area contributed by atoms with Crippen LogP contribution >= 0.6 is 0 Å². The summed E-state index contributed by atoms with van der Waals surface area (Å²) in [7, 11) is 1.44. The maximum Gasteiger partial charge on any atom is 0.165 e. The van der Waals surface area contributed by atoms with Crippen LogP contribution < -0.4 is 10.5 Å². The van der Waals surface area contributed by atoms with Crippen molar-refractivity contribution in [1.29, 1.82) is 0 Å². The molecule has 96 valence electrons. The molecule has 2 rings (SSSR count). The van der Waals surface area contributed by atoms with Crippen LogP contribution in [-0.2, 0) is 0 Å². The molecule has 2 aromatic rings. The Morgan fingerprint density at radius 1 is 1.44 bits per heavy atom. The van der Waals surface area contributed by atoms with Gasteiger partial charge in [0.25, 0.3) is 0 Å². The van der Waals surface area contributed by atoms with Gasteiger partial charge in [0.05, 0.1) is 12.8 Å². The Kier molecular flexibility index (Phi) is 3.62. The minimum Gasteiger partial charge on any atom is -0.494 e. The van der Waals surface area contributed by atoms with Crippen molar-refractivity contribution in [3.8, 4) is 5.75 Å². The number of aryl methyl sites for hydroxylation is 1. The molecule has 1 aromatic carbocycles. The van der Waals surface area contributed by atoms with Gasteiger partial charge in [-0.25, -0.2) is 4.39 Å². The van der Waals surface area contributed by atoms with E-state index in [1.165, 1.54) is 13.2 Å². The van der Waals surface area contributed by atoms with Gasteiger partial charge in [0.15, 0.2) is 11.6 Å². The molecule has 0 aliphatic heterocycles. The Labute approximate surface area is 105 Å². The van der Waals surface area contributed by atoms with Gasteiger partial charge in [-0.2, -0.15) is 5.10 Å². The van der Waals surface area contributed by atoms with Crippen molar-refractivity contribution < 1.29 is 9.13 Å². The van der Waals surface area contributed by atoms with Gasteiger partial charge < -0.3 is 10.5 Å². The van der Waals surface area contributed by atoms with Crippen LogP contribution in [0.4, 0.5) is 4.39 Å². The summed E-state index contributed by atoms with van der Waals surface area (Å²) in [6, 6.07) is 6.77. The maximum atomic E-state index is 13.7. The molecular weight excluding hydrogens is 233 g/mol. The summed E-state index contributed by atoms with van der Waals surface area (Å²) in [5.41, 5.74) is 8.33. The lowest BCUT2D eigenvalue weighted by Crippen LogP contribution is -2.14. The molecule has 1 heterocycles. The van der Waals surface area contributed by atoms with Gasteiger partial charge >= 0.3 is 0 Å². The number of aromatic amines is 1. The number of halogens is 1. The molecule has 0 amide bonds. The summed E-state index contributed by atoms with van der Waals surface area (Å²) in [4.78, 5) is 0. The number of nitrogens with one attached hydrogen (secondary N) is 1. The predicted molar refractivity (Wildman–Crippen MR) is 67.2 cm³/mol. The summed E-state index contributed by atoms with van der Waals surface area (Å²) in [6.07, 6.45) is 0. The van der Waals surface area contributed by atoms with Crippen molar-refractivity contribution in [1.82, 2.24) is 10.2 Å². The summed E-state index contributed by atoms with van der Waals surface area (Å²) in [5.74, 6) is -0.274. The van der Waals surface area contributed by atoms with Gasteiger partial charge in [-0.1, -0.05) is 6.07 Å². The highest BCUT2D eigenvalue weighted by atomic mass is 19.1. The smallest absolute Gasteiger partial charge is 0.165 e. The third-order valence-corrected chi connectivity index (χ3v) is 2.90. The zero-order valence-electron chi connectivity index (χ0n) is 10.4. The molecule has 0 aliphatic carbocycles. The number of methoxy groups -OCH3 is 1. The normalized spacial score (nSPS) is 12.4. The van der Waals surface area contributed by atoms with Gasteiger partial charge in [-0.3, -0.25) is 5.10 Å². The number of rotatable bonds is 4. The van der Waals surface area contributed by atoms with Gasteiger partial charge in [-0.05, 0) is 30.7 Å². The molecule has 0 spiro atoms. The molecule has 1 unspecified atom stereocenters. The van der Waals surface area contributed by atoms with Crippen molar-refractivity contribution in [2.75, 3.05) is 13.7 Å². The maximum absolute atomic E-state index is 13.7. The Hall–Kier alpha value is -1.88. The third-order valence-electron chi connectivity index (χ3n) is 2.90. The predicted octanol–water partition coefficient (Wildman–Crippen LogP) is 1.96. The lowest BCUT2D eigenvalue weighted by molar-refractivity contribution is 0.386. The van der Waals surface area contributed by atoms with E-state index in [-0.39, 0.29) is 17.5 Å². The van der Waals surface area contributed by atoms with E-state index in [0.29, 0.717) is 6.54 Å². The number of ether oxygens (including phenoxy) is 1. The molecule has 1 aromatic heterocycles. The first-order valence-corrected chi connectivity index (χ1v) is 5.71. The largest absolute Gasteiger partial charge is 0.494 e. The number of benzene rings is 1. The summed E-state index contributed by atoms with van der Waals surface area (Å²) >= 11 is 0. The molecule has 4 nitrogen and oxygen atoms in total. The Morgan fingerprint density at radius 3 is 2.72 bits per heavy atom. The van der Waals surface area contributed by atoms with Crippen LogP contribution in [0, 0.1) is 12.7 Å². The van der Waals surface area contributed by atoms with E-state index in [2.05, 4.69) is 10.2 Å². The summed E-state index contributed by atoms with van der Waals surface area (Å²) < 4.78 is 18.6. The number of hydrogen-bond acceptors (Lipinski definition) is 3. The van der Waals surface area contributed by atoms with E-state index < -0.39 is 0 Å². The fourth-order valence-electron chi connectivity index (χ4n) is 1.94. The Balaban J connectivity index is 2.36. The van der Waals surface area contributed by atoms with Crippen LogP contribution in [0.1, 0.15) is 22.9 Å². The molecule has 18 heavy (non-hydrogen) atoms. The third kappa shape index (κ3) is 2.36. The van der Waals surface area contributed by atoms with E-state index in [0.717, 1.165) is 17.0 Å². The van der Waals surface area contributed by atoms with Gasteiger partial charge in [-0.15, -0.1) is 0 Å². The first-order valence-electron chi connectivity index (χ1n) is 5.71. The number of H-pyrrole nitrogens is 1. The van der Waals surface area contributed by atoms with E-state index in [1.54, 1.807) is 6.07 Å². The van der Waals surface area contributed by atoms with Crippen molar-refractivity contribution in [3.05, 3.63) is 47.0 Å². The second-order valence-electron chi connectivity index (χ2n) is 4.16. The molecule has 0 saturated carbocycles. The average molecular weight is 249 g/mol. The minimum atomic E-state index is -0.388. The Morgan fingerprint density at radius 2 is 2.22 bits per heavy atom. The first-order chi connectivity index (χ1) is 8.65. The highest BCUT2D eigenvalue weighted by Crippen LogP contribution is 2.26. The van der Waals surface area contributed by atoms with E-state index in [4.69, 9.17) is 10.5 Å². The molecule has 0 fully saturated rings. The van der Waals surface area contributed by atoms with Crippen LogP contribution in [0.5, 0.6) is 5.75 Å². The number of hydrogen-bond donors (Lipinski definition) is 2. The zero-order chi connectivity index (χ0) is 13.1. The van der Waals surface area contributed by atoms with Gasteiger partial charge in [0.2, 0.25) is 0 Å². The van der Waals surface area contributed by atoms with Crippen molar-refractivity contribution >= 4 is 0 Å². The molecule has 5 heteroatoms. The molecule has 1 atom stereocenters. The van der Waals surface area contributed by atoms with Crippen molar-refractivity contribution in [2.45, 2.75) is 12.8 Å². The van der Waals surface area contributed by atoms with Gasteiger partial charge in [0, 0.05) is 18.2 Å². The van der Waals surface area contributed by atoms with E-state index in [1.807, 2.05) is 19.1 Å². The quantitative estimate of drug-likeness (QED) is 0.870. The van der Waals surface area contributed by atoms with Crippen LogP contribution in [0.15, 0.2) is 24.3 Å². The standard InChI is InChI=1S/C13H16FN3O/c1-8-5-12(17-16-8)10(7-15)9-3-4-13(18-2)11(14)6-9/h3-6,10H,7,15H2,1-2H3,(H,16,17). The Bertz CT molecular complexity index is 539. The number of nitrogens with zero attached hydrogens (tertiary/aromatic N) is 1. The molecule has 0 bridgehead atoms. The van der Waals surface area contributed by atoms with Gasteiger partial charge in [0.1, 0.15) is 0 Å². The molecule has 0 aliphatic rings. The van der Waals surface area contributed by atoms with E-state index in [9.17, 15) is 4.39 Å². The molecular formula is C13H16FN3O. The zero-order valence-corrected chi connectivity index (χ0v) is 10.4. The highest BCUT2D eigenvalue weighted by molar-refractivity contribution is 5.35. The fraction of sp³-hybridized carbons (Fsp3) is 0.308. The lowest BCUT2D eigenvalue weighted by atomic mass is 9.95. The van der Waals surface area contributed by atoms with E-state index >= 15 is 0 Å².